The molecule has 1 heterocycles. The molecule has 0 unspecified atom stereocenters. The Hall–Kier alpha value is -1.57. The van der Waals surface area contributed by atoms with Crippen LogP contribution in [0.2, 0.25) is 0 Å². The van der Waals surface area contributed by atoms with Crippen molar-refractivity contribution in [2.45, 2.75) is 6.92 Å². The molecule has 0 saturated heterocycles. The van der Waals surface area contributed by atoms with Crippen LogP contribution in [0.15, 0.2) is 42.7 Å². The summed E-state index contributed by atoms with van der Waals surface area (Å²) < 4.78 is 8.97. The molecule has 0 aliphatic rings. The average molecular weight is 159 g/mol. The predicted octanol–water partition coefficient (Wildman–Crippen LogP) is 2.18. The van der Waals surface area contributed by atoms with Gasteiger partial charge in [0.25, 0.3) is 0 Å². The topological polar surface area (TPSA) is 17.8 Å². The third-order valence-electron chi connectivity index (χ3n) is 1.75. The van der Waals surface area contributed by atoms with Gasteiger partial charge >= 0.3 is 0 Å². The number of hydrogen-bond acceptors (Lipinski definition) is 1. The maximum absolute atomic E-state index is 7.28. The van der Waals surface area contributed by atoms with Crippen molar-refractivity contribution >= 4 is 0 Å². The number of aromatic nitrogens is 2. The summed E-state index contributed by atoms with van der Waals surface area (Å²) in [7, 11) is 0. The van der Waals surface area contributed by atoms with Crippen LogP contribution in [0, 0.1) is 6.92 Å². The highest BCUT2D eigenvalue weighted by atomic mass is 15.3. The Labute approximate surface area is 72.9 Å². The number of rotatable bonds is 1. The zero-order valence-electron chi connectivity index (χ0n) is 7.86. The maximum Gasteiger partial charge on any atom is 0.0860 e. The van der Waals surface area contributed by atoms with Crippen LogP contribution < -0.4 is 0 Å². The van der Waals surface area contributed by atoms with E-state index in [0.717, 1.165) is 5.69 Å². The Kier molecular flexibility index (Phi) is 1.41. The number of hydrogen-bond donors (Lipinski definition) is 0. The first kappa shape index (κ1) is 6.00. The second kappa shape index (κ2) is 2.81. The molecule has 0 aliphatic carbocycles. The monoisotopic (exact) mass is 159 g/mol. The van der Waals surface area contributed by atoms with Crippen molar-refractivity contribution in [3.05, 3.63) is 48.3 Å². The van der Waals surface area contributed by atoms with Gasteiger partial charge in [0, 0.05) is 12.4 Å². The van der Waals surface area contributed by atoms with E-state index in [-0.39, 0.29) is 0 Å². The molecule has 2 aromatic rings. The molecule has 0 spiro atoms. The molecule has 0 aliphatic heterocycles. The van der Waals surface area contributed by atoms with E-state index < -0.39 is 0 Å². The molecule has 0 fully saturated rings. The van der Waals surface area contributed by atoms with Gasteiger partial charge in [-0.3, -0.25) is 0 Å². The summed E-state index contributed by atoms with van der Waals surface area (Å²) in [5.74, 6) is 0. The van der Waals surface area contributed by atoms with Gasteiger partial charge in [-0.25, -0.2) is 4.68 Å². The molecule has 0 N–H and O–H groups in total. The Morgan fingerprint density at radius 3 is 2.67 bits per heavy atom. The third-order valence-corrected chi connectivity index (χ3v) is 1.75. The van der Waals surface area contributed by atoms with Crippen molar-refractivity contribution < 1.29 is 1.37 Å². The molecule has 2 nitrogen and oxygen atoms in total. The molecule has 60 valence electrons. The van der Waals surface area contributed by atoms with Crippen LogP contribution in [-0.4, -0.2) is 9.78 Å². The van der Waals surface area contributed by atoms with Gasteiger partial charge in [0.15, 0.2) is 0 Å². The van der Waals surface area contributed by atoms with Crippen molar-refractivity contribution in [1.82, 2.24) is 9.78 Å². The molecule has 0 amide bonds. The lowest BCUT2D eigenvalue weighted by Gasteiger charge is -2.00. The van der Waals surface area contributed by atoms with Crippen molar-refractivity contribution in [3.8, 4) is 5.69 Å². The molecule has 1 aromatic heterocycles. The van der Waals surface area contributed by atoms with Crippen LogP contribution in [0.5, 0.6) is 0 Å². The van der Waals surface area contributed by atoms with Gasteiger partial charge < -0.3 is 0 Å². The molecule has 1 aromatic carbocycles. The minimum Gasteiger partial charge on any atom is -0.241 e. The number of benzene rings is 1. The predicted molar refractivity (Wildman–Crippen MR) is 48.3 cm³/mol. The van der Waals surface area contributed by atoms with Gasteiger partial charge in [0.05, 0.1) is 7.06 Å². The lowest BCUT2D eigenvalue weighted by atomic mass is 10.2. The van der Waals surface area contributed by atoms with E-state index in [2.05, 4.69) is 5.10 Å². The summed E-state index contributed by atoms with van der Waals surface area (Å²) in [6.45, 7) is 2.04. The molecule has 0 atom stereocenters. The van der Waals surface area contributed by atoms with Crippen molar-refractivity contribution in [2.75, 3.05) is 0 Å². The fraction of sp³-hybridized carbons (Fsp3) is 0.100. The van der Waals surface area contributed by atoms with Gasteiger partial charge in [0.1, 0.15) is 0 Å². The molecule has 2 heteroatoms. The van der Waals surface area contributed by atoms with Crippen LogP contribution in [-0.2, 0) is 0 Å². The van der Waals surface area contributed by atoms with E-state index in [1.165, 1.54) is 5.56 Å². The van der Waals surface area contributed by atoms with E-state index >= 15 is 0 Å². The standard InChI is InChI=1S/C10H10N2/c1-9-3-5-10(6-4-9)12-8-2-7-11-12/h2-8H,1H3/i7D. The van der Waals surface area contributed by atoms with E-state index in [4.69, 9.17) is 1.37 Å². The largest absolute Gasteiger partial charge is 0.241 e. The smallest absolute Gasteiger partial charge is 0.0860 e. The first-order valence-electron chi connectivity index (χ1n) is 4.35. The fourth-order valence-corrected chi connectivity index (χ4v) is 1.07. The van der Waals surface area contributed by atoms with E-state index in [0.29, 0.717) is 6.17 Å². The zero-order chi connectivity index (χ0) is 9.26. The Bertz CT molecular complexity index is 403. The summed E-state index contributed by atoms with van der Waals surface area (Å²) in [6, 6.07) is 9.70. The van der Waals surface area contributed by atoms with Crippen LogP contribution in [0.25, 0.3) is 5.69 Å². The SMILES string of the molecule is [2H]c1ccn(-c2ccc(C)cc2)n1. The van der Waals surface area contributed by atoms with Gasteiger partial charge in [-0.2, -0.15) is 5.10 Å². The minimum absolute atomic E-state index is 0.292. The first-order chi connectivity index (χ1) is 6.25. The molecule has 12 heavy (non-hydrogen) atoms. The lowest BCUT2D eigenvalue weighted by molar-refractivity contribution is 0.880. The Morgan fingerprint density at radius 1 is 1.33 bits per heavy atom. The average Bonchev–Trinajstić information content (AvgIpc) is 2.53. The quantitative estimate of drug-likeness (QED) is 0.623. The maximum atomic E-state index is 7.28. The second-order valence-corrected chi connectivity index (χ2v) is 2.72. The van der Waals surface area contributed by atoms with Crippen molar-refractivity contribution in [3.63, 3.8) is 0 Å². The van der Waals surface area contributed by atoms with Crippen molar-refractivity contribution in [1.29, 1.82) is 0 Å². The van der Waals surface area contributed by atoms with E-state index in [1.54, 1.807) is 16.9 Å². The lowest BCUT2D eigenvalue weighted by Crippen LogP contribution is -1.92. The summed E-state index contributed by atoms with van der Waals surface area (Å²) in [5.41, 5.74) is 2.21. The highest BCUT2D eigenvalue weighted by molar-refractivity contribution is 5.33. The Morgan fingerprint density at radius 2 is 2.08 bits per heavy atom. The highest BCUT2D eigenvalue weighted by Gasteiger charge is 1.92. The summed E-state index contributed by atoms with van der Waals surface area (Å²) in [5, 5.41) is 3.99. The molecule has 2 rings (SSSR count). The molecular weight excluding hydrogens is 148 g/mol. The van der Waals surface area contributed by atoms with Crippen LogP contribution in [0.3, 0.4) is 0 Å². The van der Waals surface area contributed by atoms with Gasteiger partial charge in [-0.15, -0.1) is 0 Å². The molecule has 0 bridgehead atoms. The Balaban J connectivity index is 2.41. The van der Waals surface area contributed by atoms with Crippen LogP contribution in [0.4, 0.5) is 0 Å². The fourth-order valence-electron chi connectivity index (χ4n) is 1.07. The summed E-state index contributed by atoms with van der Waals surface area (Å²) in [4.78, 5) is 0. The van der Waals surface area contributed by atoms with Crippen LogP contribution >= 0.6 is 0 Å². The van der Waals surface area contributed by atoms with Crippen LogP contribution in [0.1, 0.15) is 6.93 Å². The third kappa shape index (κ3) is 1.23. The number of aryl methyl sites for hydroxylation is 1. The van der Waals surface area contributed by atoms with E-state index in [9.17, 15) is 0 Å². The van der Waals surface area contributed by atoms with Gasteiger partial charge in [-0.05, 0) is 25.1 Å². The normalized spacial score (nSPS) is 11.2. The van der Waals surface area contributed by atoms with Gasteiger partial charge in [-0.1, -0.05) is 17.7 Å². The summed E-state index contributed by atoms with van der Waals surface area (Å²) in [6.07, 6.45) is 2.08. The molecular formula is C10H10N2. The second-order valence-electron chi connectivity index (χ2n) is 2.72. The zero-order valence-corrected chi connectivity index (χ0v) is 6.86. The van der Waals surface area contributed by atoms with E-state index in [1.807, 2.05) is 31.2 Å². The minimum atomic E-state index is 0.292. The highest BCUT2D eigenvalue weighted by Crippen LogP contribution is 2.06. The van der Waals surface area contributed by atoms with Gasteiger partial charge in [0.2, 0.25) is 0 Å². The first-order valence-corrected chi connectivity index (χ1v) is 3.85. The number of nitrogens with zero attached hydrogens (tertiary/aromatic N) is 2. The van der Waals surface area contributed by atoms with Crippen molar-refractivity contribution in [2.24, 2.45) is 0 Å². The molecule has 0 radical (unpaired) electrons. The summed E-state index contributed by atoms with van der Waals surface area (Å²) >= 11 is 0. The molecule has 0 saturated carbocycles.